The molecular weight excluding hydrogens is 260 g/mol. The number of hydrogen-bond acceptors (Lipinski definition) is 2. The van der Waals surface area contributed by atoms with Crippen LogP contribution in [0.3, 0.4) is 0 Å². The molecule has 0 unspecified atom stereocenters. The predicted octanol–water partition coefficient (Wildman–Crippen LogP) is 4.65. The first-order valence-electron chi connectivity index (χ1n) is 8.56. The summed E-state index contributed by atoms with van der Waals surface area (Å²) in [6, 6.07) is 9.23. The fourth-order valence-electron chi connectivity index (χ4n) is 3.62. The number of hydrogen-bond donors (Lipinski definition) is 0. The highest BCUT2D eigenvalue weighted by molar-refractivity contribution is 5.22. The van der Waals surface area contributed by atoms with E-state index in [-0.39, 0.29) is 0 Å². The summed E-state index contributed by atoms with van der Waals surface area (Å²) in [5, 5.41) is 0. The minimum atomic E-state index is -0.394. The highest BCUT2D eigenvalue weighted by Crippen LogP contribution is 2.33. The second-order valence-electron chi connectivity index (χ2n) is 7.02. The van der Waals surface area contributed by atoms with E-state index < -0.39 is 5.79 Å². The van der Waals surface area contributed by atoms with E-state index in [2.05, 4.69) is 24.3 Å². The third-order valence-electron chi connectivity index (χ3n) is 4.72. The van der Waals surface area contributed by atoms with Gasteiger partial charge in [0.15, 0.2) is 5.79 Å². The Morgan fingerprint density at radius 2 is 1.19 bits per heavy atom. The van der Waals surface area contributed by atoms with Crippen LogP contribution in [0.15, 0.2) is 24.3 Å². The topological polar surface area (TPSA) is 18.5 Å². The lowest BCUT2D eigenvalue weighted by Gasteiger charge is -2.17. The zero-order valence-corrected chi connectivity index (χ0v) is 13.4. The molecule has 2 nitrogen and oxygen atoms in total. The zero-order valence-electron chi connectivity index (χ0n) is 13.4. The first-order valence-corrected chi connectivity index (χ1v) is 8.56. The Balaban J connectivity index is 1.65. The van der Waals surface area contributed by atoms with E-state index in [0.29, 0.717) is 12.2 Å². The van der Waals surface area contributed by atoms with Gasteiger partial charge in [0.25, 0.3) is 0 Å². The quantitative estimate of drug-likeness (QED) is 0.692. The Labute approximate surface area is 128 Å². The normalized spacial score (nSPS) is 29.8. The molecule has 0 radical (unpaired) electrons. The van der Waals surface area contributed by atoms with E-state index in [0.717, 1.165) is 12.8 Å². The maximum atomic E-state index is 6.11. The predicted molar refractivity (Wildman–Crippen MR) is 85.4 cm³/mol. The molecule has 1 fully saturated rings. The maximum Gasteiger partial charge on any atom is 0.163 e. The van der Waals surface area contributed by atoms with E-state index in [9.17, 15) is 0 Å². The van der Waals surface area contributed by atoms with Crippen molar-refractivity contribution in [3.05, 3.63) is 35.4 Å². The number of rotatable bonds is 0. The molecule has 1 aromatic carbocycles. The van der Waals surface area contributed by atoms with E-state index in [1.165, 1.54) is 49.7 Å². The zero-order chi connectivity index (χ0) is 14.7. The number of ether oxygens (including phenoxy) is 2. The molecule has 2 aliphatic carbocycles. The van der Waals surface area contributed by atoms with Gasteiger partial charge >= 0.3 is 0 Å². The summed E-state index contributed by atoms with van der Waals surface area (Å²) in [5.74, 6) is -0.394. The highest BCUT2D eigenvalue weighted by Gasteiger charge is 2.40. The third-order valence-corrected chi connectivity index (χ3v) is 4.72. The Kier molecular flexibility index (Phi) is 4.66. The lowest BCUT2D eigenvalue weighted by Crippen LogP contribution is -2.22. The fraction of sp³-hybridized carbons (Fsp3) is 0.684. The molecule has 21 heavy (non-hydrogen) atoms. The summed E-state index contributed by atoms with van der Waals surface area (Å²) in [4.78, 5) is 0. The SMILES string of the molecule is CC1(C)O[C@@H]2CCCCc3ccc(cc3)CCCC[C@H]2O1. The summed E-state index contributed by atoms with van der Waals surface area (Å²) in [7, 11) is 0. The molecule has 2 heteroatoms. The second kappa shape index (κ2) is 6.50. The molecule has 2 atom stereocenters. The fourth-order valence-corrected chi connectivity index (χ4v) is 3.62. The standard InChI is InChI=1S/C19H28O2/c1-19(2)20-17-9-5-3-7-15-11-13-16(14-12-15)8-4-6-10-18(17)21-19/h11-14,17-18H,3-10H2,1-2H3/t17-,18-/m1/s1. The van der Waals surface area contributed by atoms with Crippen LogP contribution in [0.4, 0.5) is 0 Å². The van der Waals surface area contributed by atoms with Crippen molar-refractivity contribution in [3.63, 3.8) is 0 Å². The van der Waals surface area contributed by atoms with Crippen LogP contribution in [0, 0.1) is 0 Å². The number of benzene rings is 1. The van der Waals surface area contributed by atoms with Crippen molar-refractivity contribution < 1.29 is 9.47 Å². The van der Waals surface area contributed by atoms with Crippen molar-refractivity contribution in [1.82, 2.24) is 0 Å². The van der Waals surface area contributed by atoms with Crippen LogP contribution in [-0.2, 0) is 22.3 Å². The average Bonchev–Trinajstić information content (AvgIpc) is 2.75. The van der Waals surface area contributed by atoms with Gasteiger partial charge in [-0.05, 0) is 63.5 Å². The average molecular weight is 288 g/mol. The van der Waals surface area contributed by atoms with E-state index in [1.54, 1.807) is 0 Å². The molecule has 1 saturated heterocycles. The van der Waals surface area contributed by atoms with E-state index in [1.807, 2.05) is 13.8 Å². The van der Waals surface area contributed by atoms with Crippen LogP contribution in [-0.4, -0.2) is 18.0 Å². The minimum Gasteiger partial charge on any atom is -0.345 e. The van der Waals surface area contributed by atoms with Gasteiger partial charge in [-0.2, -0.15) is 0 Å². The molecule has 0 amide bonds. The minimum absolute atomic E-state index is 0.295. The van der Waals surface area contributed by atoms with Crippen molar-refractivity contribution in [2.45, 2.75) is 83.2 Å². The molecule has 1 aliphatic heterocycles. The van der Waals surface area contributed by atoms with Crippen LogP contribution in [0.1, 0.15) is 63.5 Å². The lowest BCUT2D eigenvalue weighted by molar-refractivity contribution is -0.147. The lowest BCUT2D eigenvalue weighted by atomic mass is 9.97. The van der Waals surface area contributed by atoms with Gasteiger partial charge in [-0.3, -0.25) is 0 Å². The molecule has 1 aromatic rings. The Morgan fingerprint density at radius 3 is 1.62 bits per heavy atom. The van der Waals surface area contributed by atoms with Gasteiger partial charge in [0.05, 0.1) is 12.2 Å². The van der Waals surface area contributed by atoms with Gasteiger partial charge in [0.2, 0.25) is 0 Å². The summed E-state index contributed by atoms with van der Waals surface area (Å²) in [6.45, 7) is 4.10. The van der Waals surface area contributed by atoms with Gasteiger partial charge in [-0.15, -0.1) is 0 Å². The summed E-state index contributed by atoms with van der Waals surface area (Å²) < 4.78 is 12.2. The molecule has 0 saturated carbocycles. The third kappa shape index (κ3) is 4.08. The second-order valence-corrected chi connectivity index (χ2v) is 7.02. The van der Waals surface area contributed by atoms with Crippen molar-refractivity contribution in [2.24, 2.45) is 0 Å². The van der Waals surface area contributed by atoms with Crippen LogP contribution >= 0.6 is 0 Å². The van der Waals surface area contributed by atoms with Crippen molar-refractivity contribution in [1.29, 1.82) is 0 Å². The Morgan fingerprint density at radius 1 is 0.762 bits per heavy atom. The Bertz CT molecular complexity index is 408. The Hall–Kier alpha value is -0.860. The molecule has 0 spiro atoms. The first-order chi connectivity index (χ1) is 10.1. The molecule has 116 valence electrons. The number of fused-ring (bicyclic) bond motifs is 8. The summed E-state index contributed by atoms with van der Waals surface area (Å²) >= 11 is 0. The summed E-state index contributed by atoms with van der Waals surface area (Å²) in [5.41, 5.74) is 2.94. The van der Waals surface area contributed by atoms with Gasteiger partial charge in [-0.1, -0.05) is 37.1 Å². The van der Waals surface area contributed by atoms with Crippen LogP contribution < -0.4 is 0 Å². The van der Waals surface area contributed by atoms with E-state index >= 15 is 0 Å². The van der Waals surface area contributed by atoms with Gasteiger partial charge < -0.3 is 9.47 Å². The van der Waals surface area contributed by atoms with Gasteiger partial charge in [0, 0.05) is 0 Å². The van der Waals surface area contributed by atoms with Crippen LogP contribution in [0.25, 0.3) is 0 Å². The molecule has 4 rings (SSSR count). The molecule has 0 aromatic heterocycles. The first kappa shape index (κ1) is 15.1. The van der Waals surface area contributed by atoms with Crippen molar-refractivity contribution in [2.75, 3.05) is 0 Å². The van der Waals surface area contributed by atoms with Gasteiger partial charge in [0.1, 0.15) is 0 Å². The monoisotopic (exact) mass is 288 g/mol. The molecule has 3 aliphatic rings. The van der Waals surface area contributed by atoms with Crippen LogP contribution in [0.2, 0.25) is 0 Å². The molecular formula is C19H28O2. The highest BCUT2D eigenvalue weighted by atomic mass is 16.7. The molecule has 2 bridgehead atoms. The number of aryl methyl sites for hydroxylation is 2. The van der Waals surface area contributed by atoms with Crippen LogP contribution in [0.5, 0.6) is 0 Å². The van der Waals surface area contributed by atoms with Gasteiger partial charge in [-0.25, -0.2) is 0 Å². The maximum absolute atomic E-state index is 6.11. The smallest absolute Gasteiger partial charge is 0.163 e. The van der Waals surface area contributed by atoms with Crippen molar-refractivity contribution in [3.8, 4) is 0 Å². The largest absolute Gasteiger partial charge is 0.345 e. The molecule has 1 heterocycles. The van der Waals surface area contributed by atoms with E-state index in [4.69, 9.17) is 9.47 Å². The molecule has 0 N–H and O–H groups in total. The van der Waals surface area contributed by atoms with Crippen molar-refractivity contribution >= 4 is 0 Å². The summed E-state index contributed by atoms with van der Waals surface area (Å²) in [6.07, 6.45) is 10.2.